The van der Waals surface area contributed by atoms with Gasteiger partial charge < -0.3 is 5.32 Å². The van der Waals surface area contributed by atoms with E-state index in [0.717, 1.165) is 45.2 Å². The number of sulfonamides is 1. The van der Waals surface area contributed by atoms with E-state index in [1.807, 2.05) is 6.92 Å². The summed E-state index contributed by atoms with van der Waals surface area (Å²) in [5.74, 6) is 0.630. The maximum absolute atomic E-state index is 12.8. The van der Waals surface area contributed by atoms with Crippen molar-refractivity contribution in [3.05, 3.63) is 24.3 Å². The van der Waals surface area contributed by atoms with Crippen LogP contribution in [0.25, 0.3) is 0 Å². The lowest BCUT2D eigenvalue weighted by atomic mass is 9.98. The lowest BCUT2D eigenvalue weighted by Crippen LogP contribution is -2.45. The van der Waals surface area contributed by atoms with Gasteiger partial charge in [0, 0.05) is 18.8 Å². The summed E-state index contributed by atoms with van der Waals surface area (Å²) in [4.78, 5) is 15.1. The Balaban J connectivity index is 1.67. The summed E-state index contributed by atoms with van der Waals surface area (Å²) >= 11 is 0. The molecule has 0 radical (unpaired) electrons. The van der Waals surface area contributed by atoms with Crippen molar-refractivity contribution < 1.29 is 13.2 Å². The maximum Gasteiger partial charge on any atom is 0.243 e. The molecule has 3 rings (SSSR count). The second-order valence-corrected chi connectivity index (χ2v) is 9.81. The van der Waals surface area contributed by atoms with E-state index in [9.17, 15) is 13.2 Å². The number of nitrogens with zero attached hydrogens (tertiary/aromatic N) is 2. The first-order chi connectivity index (χ1) is 12.9. The monoisotopic (exact) mass is 393 g/mol. The average Bonchev–Trinajstić information content (AvgIpc) is 2.69. The van der Waals surface area contributed by atoms with Gasteiger partial charge in [-0.3, -0.25) is 9.69 Å². The van der Waals surface area contributed by atoms with Crippen LogP contribution in [0.15, 0.2) is 29.2 Å². The summed E-state index contributed by atoms with van der Waals surface area (Å²) in [6.07, 6.45) is 5.11. The van der Waals surface area contributed by atoms with Crippen LogP contribution in [0.1, 0.15) is 46.0 Å². The number of carbonyl (C=O) groups excluding carboxylic acids is 1. The van der Waals surface area contributed by atoms with Gasteiger partial charge in [0.1, 0.15) is 0 Å². The molecule has 150 valence electrons. The third kappa shape index (κ3) is 4.89. The highest BCUT2D eigenvalue weighted by Crippen LogP contribution is 2.23. The van der Waals surface area contributed by atoms with Crippen LogP contribution in [-0.2, 0) is 14.8 Å². The summed E-state index contributed by atoms with van der Waals surface area (Å²) in [6, 6.07) is 6.40. The first-order valence-corrected chi connectivity index (χ1v) is 11.5. The summed E-state index contributed by atoms with van der Waals surface area (Å²) in [6.45, 7) is 7.17. The second kappa shape index (κ2) is 8.71. The molecule has 1 unspecified atom stereocenters. The van der Waals surface area contributed by atoms with E-state index < -0.39 is 10.0 Å². The smallest absolute Gasteiger partial charge is 0.243 e. The molecule has 2 aliphatic heterocycles. The second-order valence-electron chi connectivity index (χ2n) is 7.88. The zero-order chi connectivity index (χ0) is 19.4. The van der Waals surface area contributed by atoms with Gasteiger partial charge in [0.25, 0.3) is 0 Å². The molecule has 1 aromatic carbocycles. The SMILES string of the molecule is CC1CCN(C(C)C(=O)Nc2cccc(S(=O)(=O)N3CCCCC3)c2)CC1. The molecule has 1 atom stereocenters. The normalized spacial score (nSPS) is 21.7. The van der Waals surface area contributed by atoms with Crippen molar-refractivity contribution in [2.75, 3.05) is 31.5 Å². The Hall–Kier alpha value is -1.44. The van der Waals surface area contributed by atoms with Crippen LogP contribution < -0.4 is 5.32 Å². The topological polar surface area (TPSA) is 69.7 Å². The number of amides is 1. The molecule has 2 aliphatic rings. The minimum atomic E-state index is -3.50. The van der Waals surface area contributed by atoms with Gasteiger partial charge in [-0.25, -0.2) is 8.42 Å². The molecule has 0 spiro atoms. The molecule has 2 heterocycles. The van der Waals surface area contributed by atoms with Crippen molar-refractivity contribution in [2.45, 2.75) is 56.9 Å². The van der Waals surface area contributed by atoms with E-state index >= 15 is 0 Å². The van der Waals surface area contributed by atoms with Gasteiger partial charge in [0.15, 0.2) is 0 Å². The third-order valence-corrected chi connectivity index (χ3v) is 7.69. The quantitative estimate of drug-likeness (QED) is 0.835. The van der Waals surface area contributed by atoms with Crippen molar-refractivity contribution in [1.82, 2.24) is 9.21 Å². The minimum Gasteiger partial charge on any atom is -0.325 e. The number of hydrogen-bond acceptors (Lipinski definition) is 4. The molecule has 2 fully saturated rings. The Morgan fingerprint density at radius 2 is 1.78 bits per heavy atom. The van der Waals surface area contributed by atoms with Crippen LogP contribution in [0.5, 0.6) is 0 Å². The fraction of sp³-hybridized carbons (Fsp3) is 0.650. The molecule has 0 aromatic heterocycles. The Morgan fingerprint density at radius 3 is 2.44 bits per heavy atom. The van der Waals surface area contributed by atoms with Gasteiger partial charge in [0.2, 0.25) is 15.9 Å². The predicted octanol–water partition coefficient (Wildman–Crippen LogP) is 2.92. The molecule has 1 N–H and O–H groups in total. The highest BCUT2D eigenvalue weighted by molar-refractivity contribution is 7.89. The van der Waals surface area contributed by atoms with Crippen LogP contribution in [-0.4, -0.2) is 55.8 Å². The standard InChI is InChI=1S/C20H31N3O3S/c1-16-9-13-22(14-10-16)17(2)20(24)21-18-7-6-8-19(15-18)27(25,26)23-11-4-3-5-12-23/h6-8,15-17H,3-5,9-14H2,1-2H3,(H,21,24). The zero-order valence-corrected chi connectivity index (χ0v) is 17.2. The third-order valence-electron chi connectivity index (χ3n) is 5.80. The van der Waals surface area contributed by atoms with Gasteiger partial charge in [-0.1, -0.05) is 19.4 Å². The lowest BCUT2D eigenvalue weighted by Gasteiger charge is -2.34. The number of nitrogens with one attached hydrogen (secondary N) is 1. The number of rotatable bonds is 5. The van der Waals surface area contributed by atoms with Crippen LogP contribution in [0.3, 0.4) is 0 Å². The van der Waals surface area contributed by atoms with Crippen molar-refractivity contribution in [1.29, 1.82) is 0 Å². The van der Waals surface area contributed by atoms with Crippen molar-refractivity contribution in [3.8, 4) is 0 Å². The van der Waals surface area contributed by atoms with E-state index in [2.05, 4.69) is 17.1 Å². The molecule has 27 heavy (non-hydrogen) atoms. The molecule has 1 aromatic rings. The molecule has 2 saturated heterocycles. The van der Waals surface area contributed by atoms with Gasteiger partial charge in [-0.2, -0.15) is 4.31 Å². The average molecular weight is 394 g/mol. The Bertz CT molecular complexity index is 751. The van der Waals surface area contributed by atoms with E-state index in [4.69, 9.17) is 0 Å². The van der Waals surface area contributed by atoms with Crippen LogP contribution in [0.4, 0.5) is 5.69 Å². The number of piperidine rings is 2. The van der Waals surface area contributed by atoms with E-state index in [1.165, 1.54) is 0 Å². The van der Waals surface area contributed by atoms with Gasteiger partial charge >= 0.3 is 0 Å². The fourth-order valence-corrected chi connectivity index (χ4v) is 5.38. The number of benzene rings is 1. The van der Waals surface area contributed by atoms with Crippen molar-refractivity contribution in [2.24, 2.45) is 5.92 Å². The molecule has 6 nitrogen and oxygen atoms in total. The van der Waals surface area contributed by atoms with Gasteiger partial charge in [0.05, 0.1) is 10.9 Å². The zero-order valence-electron chi connectivity index (χ0n) is 16.4. The number of hydrogen-bond donors (Lipinski definition) is 1. The summed E-state index contributed by atoms with van der Waals surface area (Å²) < 4.78 is 27.2. The molecular weight excluding hydrogens is 362 g/mol. The molecule has 0 saturated carbocycles. The molecular formula is C20H31N3O3S. The molecule has 1 amide bonds. The van der Waals surface area contributed by atoms with Crippen molar-refractivity contribution in [3.63, 3.8) is 0 Å². The van der Waals surface area contributed by atoms with Crippen LogP contribution in [0.2, 0.25) is 0 Å². The summed E-state index contributed by atoms with van der Waals surface area (Å²) in [5.41, 5.74) is 0.537. The van der Waals surface area contributed by atoms with Crippen molar-refractivity contribution >= 4 is 21.6 Å². The summed E-state index contributed by atoms with van der Waals surface area (Å²) in [7, 11) is -3.50. The largest absolute Gasteiger partial charge is 0.325 e. The Kier molecular flexibility index (Phi) is 6.55. The van der Waals surface area contributed by atoms with Crippen LogP contribution >= 0.6 is 0 Å². The molecule has 0 bridgehead atoms. The fourth-order valence-electron chi connectivity index (χ4n) is 3.82. The number of likely N-dealkylation sites (tertiary alicyclic amines) is 1. The van der Waals surface area contributed by atoms with Gasteiger partial charge in [-0.15, -0.1) is 0 Å². The van der Waals surface area contributed by atoms with E-state index in [-0.39, 0.29) is 16.8 Å². The maximum atomic E-state index is 12.8. The van der Waals surface area contributed by atoms with E-state index in [1.54, 1.807) is 28.6 Å². The minimum absolute atomic E-state index is 0.0860. The molecule has 7 heteroatoms. The van der Waals surface area contributed by atoms with Gasteiger partial charge in [-0.05, 0) is 69.8 Å². The Labute approximate surface area is 163 Å². The first-order valence-electron chi connectivity index (χ1n) is 10.0. The van der Waals surface area contributed by atoms with Crippen LogP contribution in [0, 0.1) is 5.92 Å². The Morgan fingerprint density at radius 1 is 1.11 bits per heavy atom. The first kappa shape index (κ1) is 20.3. The van der Waals surface area contributed by atoms with E-state index in [0.29, 0.717) is 24.7 Å². The highest BCUT2D eigenvalue weighted by atomic mass is 32.2. The number of anilines is 1. The summed E-state index contributed by atoms with van der Waals surface area (Å²) in [5, 5.41) is 2.90. The highest BCUT2D eigenvalue weighted by Gasteiger charge is 2.27. The lowest BCUT2D eigenvalue weighted by molar-refractivity contribution is -0.121. The number of carbonyl (C=O) groups is 1. The predicted molar refractivity (Wildman–Crippen MR) is 107 cm³/mol. The molecule has 0 aliphatic carbocycles.